The van der Waals surface area contributed by atoms with E-state index in [0.29, 0.717) is 34.1 Å². The summed E-state index contributed by atoms with van der Waals surface area (Å²) in [6.07, 6.45) is 3.24. The van der Waals surface area contributed by atoms with Gasteiger partial charge in [0.2, 0.25) is 5.95 Å². The molecule has 0 saturated carbocycles. The minimum atomic E-state index is -0.970. The van der Waals surface area contributed by atoms with Crippen LogP contribution in [0.5, 0.6) is 0 Å². The van der Waals surface area contributed by atoms with Crippen LogP contribution < -0.4 is 10.6 Å². The maximum absolute atomic E-state index is 11.0. The quantitative estimate of drug-likeness (QED) is 0.438. The minimum Gasteiger partial charge on any atom is -0.477 e. The van der Waals surface area contributed by atoms with Crippen molar-refractivity contribution in [1.29, 1.82) is 0 Å². The Kier molecular flexibility index (Phi) is 5.08. The van der Waals surface area contributed by atoms with E-state index in [1.165, 1.54) is 6.07 Å². The van der Waals surface area contributed by atoms with E-state index in [0.717, 1.165) is 17.0 Å². The molecule has 4 aromatic rings. The Bertz CT molecular complexity index is 1180. The Morgan fingerprint density at radius 1 is 0.931 bits per heavy atom. The highest BCUT2D eigenvalue weighted by Gasteiger charge is 2.09. The maximum Gasteiger partial charge on any atom is 0.345 e. The summed E-state index contributed by atoms with van der Waals surface area (Å²) >= 11 is 1.11. The van der Waals surface area contributed by atoms with Gasteiger partial charge in [-0.1, -0.05) is 6.07 Å². The molecule has 0 spiro atoms. The van der Waals surface area contributed by atoms with E-state index >= 15 is 0 Å². The summed E-state index contributed by atoms with van der Waals surface area (Å²) in [5.41, 5.74) is 1.57. The molecule has 10 heteroatoms. The lowest BCUT2D eigenvalue weighted by Crippen LogP contribution is -2.02. The lowest BCUT2D eigenvalue weighted by Gasteiger charge is -2.08. The van der Waals surface area contributed by atoms with Crippen molar-refractivity contribution >= 4 is 39.9 Å². The van der Waals surface area contributed by atoms with Crippen molar-refractivity contribution in [2.45, 2.75) is 6.92 Å². The molecule has 0 fully saturated rings. The van der Waals surface area contributed by atoms with Crippen molar-refractivity contribution in [2.24, 2.45) is 0 Å². The normalized spacial score (nSPS) is 10.5. The maximum atomic E-state index is 11.0. The zero-order valence-electron chi connectivity index (χ0n) is 15.2. The number of rotatable bonds is 6. The fourth-order valence-corrected chi connectivity index (χ4v) is 3.21. The Morgan fingerprint density at radius 2 is 1.72 bits per heavy atom. The summed E-state index contributed by atoms with van der Waals surface area (Å²) in [6.45, 7) is 1.91. The van der Waals surface area contributed by atoms with Gasteiger partial charge in [-0.2, -0.15) is 4.98 Å². The average molecular weight is 405 g/mol. The van der Waals surface area contributed by atoms with Gasteiger partial charge in [-0.3, -0.25) is 0 Å². The number of carboxylic acid groups (broad SMARTS) is 1. The van der Waals surface area contributed by atoms with Gasteiger partial charge in [-0.15, -0.1) is 11.3 Å². The molecule has 0 amide bonds. The van der Waals surface area contributed by atoms with Crippen LogP contribution in [-0.4, -0.2) is 36.0 Å². The highest BCUT2D eigenvalue weighted by atomic mass is 32.1. The number of aromatic carboxylic acids is 1. The minimum absolute atomic E-state index is 0.236. The Morgan fingerprint density at radius 3 is 2.48 bits per heavy atom. The van der Waals surface area contributed by atoms with Crippen LogP contribution in [0.1, 0.15) is 15.4 Å². The molecule has 0 aliphatic heterocycles. The molecule has 0 saturated heterocycles. The molecule has 29 heavy (non-hydrogen) atoms. The summed E-state index contributed by atoms with van der Waals surface area (Å²) in [5, 5.41) is 15.8. The Balaban J connectivity index is 1.52. The van der Waals surface area contributed by atoms with Crippen LogP contribution in [0.25, 0.3) is 11.5 Å². The zero-order chi connectivity index (χ0) is 20.2. The van der Waals surface area contributed by atoms with Crippen molar-refractivity contribution in [2.75, 3.05) is 10.6 Å². The Labute approximate surface area is 169 Å². The SMILES string of the molecule is Cc1cccc(-c2nccc(Nc3ccnc(Nc4ccc(C(=O)O)s4)n3)n2)n1. The molecule has 4 rings (SSSR count). The lowest BCUT2D eigenvalue weighted by atomic mass is 10.3. The van der Waals surface area contributed by atoms with Crippen LogP contribution >= 0.6 is 11.3 Å². The second kappa shape index (κ2) is 7.98. The van der Waals surface area contributed by atoms with E-state index in [-0.39, 0.29) is 4.88 Å². The van der Waals surface area contributed by atoms with Crippen molar-refractivity contribution in [1.82, 2.24) is 24.9 Å². The number of nitrogens with zero attached hydrogens (tertiary/aromatic N) is 5. The largest absolute Gasteiger partial charge is 0.477 e. The third kappa shape index (κ3) is 4.50. The molecule has 4 heterocycles. The van der Waals surface area contributed by atoms with Gasteiger partial charge in [0.25, 0.3) is 0 Å². The first kappa shape index (κ1) is 18.4. The molecule has 0 radical (unpaired) electrons. The second-order valence-electron chi connectivity index (χ2n) is 5.91. The van der Waals surface area contributed by atoms with E-state index in [4.69, 9.17) is 5.11 Å². The summed E-state index contributed by atoms with van der Waals surface area (Å²) < 4.78 is 0. The van der Waals surface area contributed by atoms with Gasteiger partial charge < -0.3 is 15.7 Å². The zero-order valence-corrected chi connectivity index (χ0v) is 16.0. The van der Waals surface area contributed by atoms with Crippen LogP contribution in [0.15, 0.2) is 54.9 Å². The predicted octanol–water partition coefficient (Wildman–Crippen LogP) is 3.88. The molecule has 0 aliphatic rings. The third-order valence-corrected chi connectivity index (χ3v) is 4.73. The number of anilines is 4. The molecule has 9 nitrogen and oxygen atoms in total. The number of carbonyl (C=O) groups is 1. The number of carboxylic acids is 1. The number of nitrogens with one attached hydrogen (secondary N) is 2. The molecule has 4 aromatic heterocycles. The number of aromatic nitrogens is 5. The first-order valence-corrected chi connectivity index (χ1v) is 9.36. The van der Waals surface area contributed by atoms with Gasteiger partial charge in [-0.05, 0) is 43.3 Å². The van der Waals surface area contributed by atoms with E-state index in [2.05, 4.69) is 35.6 Å². The topological polar surface area (TPSA) is 126 Å². The van der Waals surface area contributed by atoms with Gasteiger partial charge >= 0.3 is 5.97 Å². The van der Waals surface area contributed by atoms with E-state index in [9.17, 15) is 4.79 Å². The van der Waals surface area contributed by atoms with Crippen molar-refractivity contribution in [3.05, 3.63) is 65.4 Å². The molecular weight excluding hydrogens is 390 g/mol. The summed E-state index contributed by atoms with van der Waals surface area (Å²) in [5.74, 6) is 0.961. The summed E-state index contributed by atoms with van der Waals surface area (Å²) in [6, 6.07) is 12.3. The van der Waals surface area contributed by atoms with E-state index in [1.54, 1.807) is 30.6 Å². The molecule has 3 N–H and O–H groups in total. The standard InChI is InChI=1S/C19H15N7O2S/c1-11-3-2-4-12(22-11)17-20-9-7-14(24-17)23-15-8-10-21-19(25-15)26-16-6-5-13(29-16)18(27)28/h2-10H,1H3,(H,27,28)(H2,20,21,23,24,25,26). The van der Waals surface area contributed by atoms with Crippen LogP contribution in [0, 0.1) is 6.92 Å². The van der Waals surface area contributed by atoms with Gasteiger partial charge in [0.05, 0.1) is 5.00 Å². The van der Waals surface area contributed by atoms with Gasteiger partial charge in [0.15, 0.2) is 5.82 Å². The summed E-state index contributed by atoms with van der Waals surface area (Å²) in [7, 11) is 0. The molecule has 0 aromatic carbocycles. The molecule has 0 aliphatic carbocycles. The first-order valence-electron chi connectivity index (χ1n) is 8.54. The number of hydrogen-bond donors (Lipinski definition) is 3. The number of hydrogen-bond acceptors (Lipinski definition) is 9. The predicted molar refractivity (Wildman–Crippen MR) is 110 cm³/mol. The van der Waals surface area contributed by atoms with Crippen molar-refractivity contribution in [3.63, 3.8) is 0 Å². The molecule has 144 valence electrons. The van der Waals surface area contributed by atoms with E-state index < -0.39 is 5.97 Å². The number of thiophene rings is 1. The van der Waals surface area contributed by atoms with Gasteiger partial charge in [0, 0.05) is 18.1 Å². The van der Waals surface area contributed by atoms with Gasteiger partial charge in [-0.25, -0.2) is 24.7 Å². The number of aryl methyl sites for hydroxylation is 1. The smallest absolute Gasteiger partial charge is 0.345 e. The monoisotopic (exact) mass is 405 g/mol. The van der Waals surface area contributed by atoms with Gasteiger partial charge in [0.1, 0.15) is 22.2 Å². The Hall–Kier alpha value is -3.92. The molecular formula is C19H15N7O2S. The van der Waals surface area contributed by atoms with Crippen molar-refractivity contribution in [3.8, 4) is 11.5 Å². The molecule has 0 unspecified atom stereocenters. The highest BCUT2D eigenvalue weighted by Crippen LogP contribution is 2.25. The lowest BCUT2D eigenvalue weighted by molar-refractivity contribution is 0.0702. The average Bonchev–Trinajstić information content (AvgIpc) is 3.17. The van der Waals surface area contributed by atoms with Crippen LogP contribution in [0.4, 0.5) is 22.6 Å². The van der Waals surface area contributed by atoms with E-state index in [1.807, 2.05) is 25.1 Å². The van der Waals surface area contributed by atoms with Crippen LogP contribution in [-0.2, 0) is 0 Å². The molecule has 0 atom stereocenters. The van der Waals surface area contributed by atoms with Crippen LogP contribution in [0.2, 0.25) is 0 Å². The fourth-order valence-electron chi connectivity index (χ4n) is 2.47. The fraction of sp³-hybridized carbons (Fsp3) is 0.0526. The first-order chi connectivity index (χ1) is 14.1. The van der Waals surface area contributed by atoms with Crippen LogP contribution in [0.3, 0.4) is 0 Å². The molecule has 0 bridgehead atoms. The summed E-state index contributed by atoms with van der Waals surface area (Å²) in [4.78, 5) is 33.0. The van der Waals surface area contributed by atoms with Crippen molar-refractivity contribution < 1.29 is 9.90 Å². The number of pyridine rings is 1. The second-order valence-corrected chi connectivity index (χ2v) is 7.00. The third-order valence-electron chi connectivity index (χ3n) is 3.74. The highest BCUT2D eigenvalue weighted by molar-refractivity contribution is 7.17.